The molecule has 0 atom stereocenters. The maximum atomic E-state index is 13.1. The Morgan fingerprint density at radius 1 is 1.23 bits per heavy atom. The molecule has 0 radical (unpaired) electrons. The van der Waals surface area contributed by atoms with E-state index in [1.807, 2.05) is 32.0 Å². The molecule has 154 valence electrons. The van der Waals surface area contributed by atoms with Crippen molar-refractivity contribution in [1.29, 1.82) is 0 Å². The van der Waals surface area contributed by atoms with E-state index < -0.39 is 0 Å². The van der Waals surface area contributed by atoms with Crippen LogP contribution in [0.25, 0.3) is 5.69 Å². The molecular formula is C22H20ClN3O2S2. The van der Waals surface area contributed by atoms with E-state index in [1.54, 1.807) is 28.8 Å². The Kier molecular flexibility index (Phi) is 6.22. The van der Waals surface area contributed by atoms with Crippen molar-refractivity contribution in [3.8, 4) is 5.69 Å². The predicted molar refractivity (Wildman–Crippen MR) is 125 cm³/mol. The van der Waals surface area contributed by atoms with E-state index in [1.165, 1.54) is 23.5 Å². The minimum absolute atomic E-state index is 0.0953. The zero-order valence-corrected chi connectivity index (χ0v) is 19.0. The van der Waals surface area contributed by atoms with Gasteiger partial charge < -0.3 is 5.32 Å². The van der Waals surface area contributed by atoms with E-state index in [0.29, 0.717) is 20.8 Å². The fraction of sp³-hybridized carbons (Fsp3) is 0.227. The molecule has 0 saturated heterocycles. The topological polar surface area (TPSA) is 64.0 Å². The summed E-state index contributed by atoms with van der Waals surface area (Å²) in [6.45, 7) is 3.98. The number of fused-ring (bicyclic) bond motifs is 1. The van der Waals surface area contributed by atoms with E-state index in [2.05, 4.69) is 5.32 Å². The Labute approximate surface area is 188 Å². The van der Waals surface area contributed by atoms with Gasteiger partial charge in [-0.2, -0.15) is 0 Å². The van der Waals surface area contributed by atoms with Crippen LogP contribution >= 0.6 is 35.1 Å². The van der Waals surface area contributed by atoms with E-state index in [0.717, 1.165) is 34.7 Å². The average molecular weight is 458 g/mol. The lowest BCUT2D eigenvalue weighted by Gasteiger charge is -2.14. The first-order valence-electron chi connectivity index (χ1n) is 9.47. The minimum atomic E-state index is -0.140. The Balaban J connectivity index is 1.60. The molecule has 0 spiro atoms. The second kappa shape index (κ2) is 8.88. The van der Waals surface area contributed by atoms with Crippen molar-refractivity contribution in [3.63, 3.8) is 0 Å². The maximum absolute atomic E-state index is 13.1. The van der Waals surface area contributed by atoms with Crippen LogP contribution in [0.2, 0.25) is 5.02 Å². The van der Waals surface area contributed by atoms with Crippen molar-refractivity contribution in [3.05, 3.63) is 74.7 Å². The number of benzene rings is 2. The number of rotatable bonds is 5. The fourth-order valence-electron chi connectivity index (χ4n) is 3.28. The average Bonchev–Trinajstić information content (AvgIpc) is 3.19. The van der Waals surface area contributed by atoms with Gasteiger partial charge in [0.1, 0.15) is 0 Å². The van der Waals surface area contributed by atoms with Gasteiger partial charge in [0.05, 0.1) is 22.0 Å². The van der Waals surface area contributed by atoms with Crippen molar-refractivity contribution in [2.75, 3.05) is 16.8 Å². The first-order valence-corrected chi connectivity index (χ1v) is 11.8. The molecule has 0 bridgehead atoms. The molecule has 8 heteroatoms. The second-order valence-corrected chi connectivity index (χ2v) is 9.52. The van der Waals surface area contributed by atoms with Gasteiger partial charge >= 0.3 is 0 Å². The molecule has 1 amide bonds. The second-order valence-electron chi connectivity index (χ2n) is 7.04. The van der Waals surface area contributed by atoms with Crippen LogP contribution in [-0.4, -0.2) is 27.0 Å². The standard InChI is InChI=1S/C22H20ClN3O2S2/c1-13-3-8-17(14(2)11-13)24-19(27)12-30-22-25-18-9-10-29-20(18)21(28)26(22)16-6-4-15(23)5-7-16/h3-8,11H,9-10,12H2,1-2H3,(H,24,27). The smallest absolute Gasteiger partial charge is 0.272 e. The highest BCUT2D eigenvalue weighted by Gasteiger charge is 2.23. The van der Waals surface area contributed by atoms with Gasteiger partial charge in [-0.05, 0) is 49.7 Å². The van der Waals surface area contributed by atoms with Crippen LogP contribution in [0.1, 0.15) is 16.8 Å². The molecule has 1 aromatic heterocycles. The van der Waals surface area contributed by atoms with E-state index in [-0.39, 0.29) is 17.2 Å². The van der Waals surface area contributed by atoms with Crippen molar-refractivity contribution in [2.45, 2.75) is 30.3 Å². The first kappa shape index (κ1) is 21.0. The fourth-order valence-corrected chi connectivity index (χ4v) is 5.26. The van der Waals surface area contributed by atoms with Gasteiger partial charge in [0.25, 0.3) is 5.56 Å². The first-order chi connectivity index (χ1) is 14.4. The van der Waals surface area contributed by atoms with Gasteiger partial charge in [-0.15, -0.1) is 11.8 Å². The molecule has 5 nitrogen and oxygen atoms in total. The minimum Gasteiger partial charge on any atom is -0.325 e. The summed E-state index contributed by atoms with van der Waals surface area (Å²) in [6, 6.07) is 13.0. The third-order valence-corrected chi connectivity index (χ3v) is 7.04. The number of amides is 1. The van der Waals surface area contributed by atoms with Crippen molar-refractivity contribution < 1.29 is 4.79 Å². The quantitative estimate of drug-likeness (QED) is 0.437. The number of aryl methyl sites for hydroxylation is 3. The van der Waals surface area contributed by atoms with E-state index >= 15 is 0 Å². The lowest BCUT2D eigenvalue weighted by atomic mass is 10.1. The Hall–Kier alpha value is -2.22. The largest absolute Gasteiger partial charge is 0.325 e. The third kappa shape index (κ3) is 4.43. The SMILES string of the molecule is Cc1ccc(NC(=O)CSc2nc3c(c(=O)n2-c2ccc(Cl)cc2)SCC3)c(C)c1. The summed E-state index contributed by atoms with van der Waals surface area (Å²) in [6.07, 6.45) is 0.763. The number of thioether (sulfide) groups is 2. The molecule has 3 aromatic rings. The molecule has 0 aliphatic carbocycles. The molecule has 0 unspecified atom stereocenters. The number of carbonyl (C=O) groups excluding carboxylic acids is 1. The van der Waals surface area contributed by atoms with Crippen LogP contribution < -0.4 is 10.9 Å². The molecule has 0 saturated carbocycles. The highest BCUT2D eigenvalue weighted by atomic mass is 35.5. The van der Waals surface area contributed by atoms with Gasteiger partial charge in [0.15, 0.2) is 5.16 Å². The summed E-state index contributed by atoms with van der Waals surface area (Å²) in [5.41, 5.74) is 4.35. The molecular weight excluding hydrogens is 438 g/mol. The number of anilines is 1. The third-order valence-electron chi connectivity index (χ3n) is 4.74. The number of halogens is 1. The predicted octanol–water partition coefficient (Wildman–Crippen LogP) is 4.88. The molecule has 1 aliphatic rings. The molecule has 30 heavy (non-hydrogen) atoms. The summed E-state index contributed by atoms with van der Waals surface area (Å²) in [4.78, 5) is 31.1. The zero-order chi connectivity index (χ0) is 21.3. The molecule has 0 fully saturated rings. The van der Waals surface area contributed by atoms with E-state index in [4.69, 9.17) is 16.6 Å². The molecule has 1 N–H and O–H groups in total. The Morgan fingerprint density at radius 2 is 2.00 bits per heavy atom. The highest BCUT2D eigenvalue weighted by Crippen LogP contribution is 2.30. The molecule has 2 aromatic carbocycles. The van der Waals surface area contributed by atoms with Gasteiger partial charge in [0.2, 0.25) is 5.91 Å². The van der Waals surface area contributed by atoms with Crippen LogP contribution in [0.3, 0.4) is 0 Å². The summed E-state index contributed by atoms with van der Waals surface area (Å²) >= 11 is 8.80. The summed E-state index contributed by atoms with van der Waals surface area (Å²) in [7, 11) is 0. The van der Waals surface area contributed by atoms with Crippen LogP contribution in [0.4, 0.5) is 5.69 Å². The molecule has 4 rings (SSSR count). The monoisotopic (exact) mass is 457 g/mol. The molecule has 1 aliphatic heterocycles. The molecule has 2 heterocycles. The summed E-state index contributed by atoms with van der Waals surface area (Å²) < 4.78 is 1.57. The van der Waals surface area contributed by atoms with Gasteiger partial charge in [-0.25, -0.2) is 4.98 Å². The Morgan fingerprint density at radius 3 is 2.73 bits per heavy atom. The zero-order valence-electron chi connectivity index (χ0n) is 16.6. The van der Waals surface area contributed by atoms with Gasteiger partial charge in [-0.3, -0.25) is 14.2 Å². The Bertz CT molecular complexity index is 1180. The highest BCUT2D eigenvalue weighted by molar-refractivity contribution is 8.00. The van der Waals surface area contributed by atoms with Crippen molar-refractivity contribution in [1.82, 2.24) is 9.55 Å². The van der Waals surface area contributed by atoms with E-state index in [9.17, 15) is 9.59 Å². The van der Waals surface area contributed by atoms with Gasteiger partial charge in [0, 0.05) is 22.9 Å². The van der Waals surface area contributed by atoms with Crippen molar-refractivity contribution in [2.24, 2.45) is 0 Å². The number of hydrogen-bond donors (Lipinski definition) is 1. The lowest BCUT2D eigenvalue weighted by Crippen LogP contribution is -2.24. The van der Waals surface area contributed by atoms with Crippen LogP contribution in [0.5, 0.6) is 0 Å². The normalized spacial score (nSPS) is 12.6. The number of carbonyl (C=O) groups is 1. The van der Waals surface area contributed by atoms with Crippen LogP contribution in [0.15, 0.2) is 57.3 Å². The van der Waals surface area contributed by atoms with Crippen molar-refractivity contribution >= 4 is 46.7 Å². The van der Waals surface area contributed by atoms with Crippen LogP contribution in [0, 0.1) is 13.8 Å². The number of aromatic nitrogens is 2. The summed E-state index contributed by atoms with van der Waals surface area (Å²) in [5.74, 6) is 0.859. The number of hydrogen-bond acceptors (Lipinski definition) is 5. The van der Waals surface area contributed by atoms with Gasteiger partial charge in [-0.1, -0.05) is 41.1 Å². The number of nitrogens with one attached hydrogen (secondary N) is 1. The lowest BCUT2D eigenvalue weighted by molar-refractivity contribution is -0.113. The number of nitrogens with zero attached hydrogens (tertiary/aromatic N) is 2. The maximum Gasteiger partial charge on any atom is 0.272 e. The summed E-state index contributed by atoms with van der Waals surface area (Å²) in [5, 5.41) is 4.05. The van der Waals surface area contributed by atoms with Crippen LogP contribution in [-0.2, 0) is 11.2 Å².